The van der Waals surface area contributed by atoms with Crippen LogP contribution in [0.2, 0.25) is 0 Å². The lowest BCUT2D eigenvalue weighted by Crippen LogP contribution is -1.81. The molecule has 1 rings (SSSR count). The van der Waals surface area contributed by atoms with E-state index in [-0.39, 0.29) is 0 Å². The normalized spacial score (nSPS) is 11.4. The van der Waals surface area contributed by atoms with Gasteiger partial charge in [0, 0.05) is 4.47 Å². The van der Waals surface area contributed by atoms with Crippen molar-refractivity contribution in [2.24, 2.45) is 0 Å². The highest BCUT2D eigenvalue weighted by molar-refractivity contribution is 9.10. The van der Waals surface area contributed by atoms with Crippen molar-refractivity contribution in [3.63, 3.8) is 0 Å². The minimum Gasteiger partial charge on any atom is -0.0991 e. The summed E-state index contributed by atoms with van der Waals surface area (Å²) >= 11 is 3.42. The van der Waals surface area contributed by atoms with Crippen LogP contribution in [-0.2, 0) is 0 Å². The molecule has 0 spiro atoms. The van der Waals surface area contributed by atoms with Crippen molar-refractivity contribution in [2.75, 3.05) is 0 Å². The third-order valence-corrected chi connectivity index (χ3v) is 2.44. The SMILES string of the molecule is C=C/C=C(\CC)c1ccc(Br)cc1. The molecule has 0 heterocycles. The lowest BCUT2D eigenvalue weighted by Gasteiger charge is -2.03. The van der Waals surface area contributed by atoms with E-state index in [1.54, 1.807) is 0 Å². The maximum Gasteiger partial charge on any atom is 0.0175 e. The number of hydrogen-bond acceptors (Lipinski definition) is 0. The Morgan fingerprint density at radius 3 is 2.46 bits per heavy atom. The van der Waals surface area contributed by atoms with Gasteiger partial charge in [0.2, 0.25) is 0 Å². The Morgan fingerprint density at radius 2 is 2.00 bits per heavy atom. The van der Waals surface area contributed by atoms with E-state index >= 15 is 0 Å². The van der Waals surface area contributed by atoms with Gasteiger partial charge in [0.15, 0.2) is 0 Å². The van der Waals surface area contributed by atoms with Gasteiger partial charge >= 0.3 is 0 Å². The Labute approximate surface area is 88.1 Å². The molecule has 0 amide bonds. The monoisotopic (exact) mass is 236 g/mol. The second-order valence-corrected chi connectivity index (χ2v) is 3.70. The van der Waals surface area contributed by atoms with Crippen LogP contribution in [0.25, 0.3) is 5.57 Å². The molecule has 1 aromatic carbocycles. The number of rotatable bonds is 3. The van der Waals surface area contributed by atoms with Gasteiger partial charge in [-0.2, -0.15) is 0 Å². The highest BCUT2D eigenvalue weighted by atomic mass is 79.9. The molecule has 0 radical (unpaired) electrons. The largest absolute Gasteiger partial charge is 0.0991 e. The average molecular weight is 237 g/mol. The Kier molecular flexibility index (Phi) is 3.97. The number of allylic oxidation sites excluding steroid dienone is 3. The Hall–Kier alpha value is -0.820. The summed E-state index contributed by atoms with van der Waals surface area (Å²) in [6.07, 6.45) is 4.93. The van der Waals surface area contributed by atoms with Crippen LogP contribution in [0.15, 0.2) is 47.5 Å². The Balaban J connectivity index is 2.99. The number of benzene rings is 1. The highest BCUT2D eigenvalue weighted by Gasteiger charge is 1.96. The van der Waals surface area contributed by atoms with Crippen LogP contribution in [0.3, 0.4) is 0 Å². The first-order valence-electron chi connectivity index (χ1n) is 4.35. The van der Waals surface area contributed by atoms with Crippen molar-refractivity contribution in [3.05, 3.63) is 53.0 Å². The lowest BCUT2D eigenvalue weighted by atomic mass is 10.0. The van der Waals surface area contributed by atoms with Crippen LogP contribution in [0.4, 0.5) is 0 Å². The van der Waals surface area contributed by atoms with Gasteiger partial charge in [-0.15, -0.1) is 0 Å². The third kappa shape index (κ3) is 2.85. The van der Waals surface area contributed by atoms with Gasteiger partial charge in [-0.1, -0.05) is 53.7 Å². The zero-order valence-corrected chi connectivity index (χ0v) is 9.34. The molecule has 1 aromatic rings. The minimum atomic E-state index is 1.04. The van der Waals surface area contributed by atoms with Gasteiger partial charge in [-0.3, -0.25) is 0 Å². The zero-order valence-electron chi connectivity index (χ0n) is 7.76. The van der Waals surface area contributed by atoms with Crippen molar-refractivity contribution >= 4 is 21.5 Å². The molecular formula is C12H13Br. The van der Waals surface area contributed by atoms with Crippen LogP contribution < -0.4 is 0 Å². The van der Waals surface area contributed by atoms with Crippen molar-refractivity contribution in [1.29, 1.82) is 0 Å². The van der Waals surface area contributed by atoms with Crippen molar-refractivity contribution in [2.45, 2.75) is 13.3 Å². The predicted octanol–water partition coefficient (Wildman–Crippen LogP) is 4.43. The summed E-state index contributed by atoms with van der Waals surface area (Å²) in [5.74, 6) is 0. The molecular weight excluding hydrogens is 224 g/mol. The van der Waals surface area contributed by atoms with Gasteiger partial charge in [0.25, 0.3) is 0 Å². The Bertz CT molecular complexity index is 306. The molecule has 0 nitrogen and oxygen atoms in total. The number of hydrogen-bond donors (Lipinski definition) is 0. The molecule has 0 N–H and O–H groups in total. The predicted molar refractivity (Wildman–Crippen MR) is 62.6 cm³/mol. The van der Waals surface area contributed by atoms with Gasteiger partial charge in [0.1, 0.15) is 0 Å². The first-order chi connectivity index (χ1) is 6.27. The zero-order chi connectivity index (χ0) is 9.68. The topological polar surface area (TPSA) is 0 Å². The first-order valence-corrected chi connectivity index (χ1v) is 5.14. The molecule has 0 aromatic heterocycles. The molecule has 0 atom stereocenters. The molecule has 0 aliphatic carbocycles. The van der Waals surface area contributed by atoms with Gasteiger partial charge in [-0.05, 0) is 29.7 Å². The maximum absolute atomic E-state index is 3.71. The van der Waals surface area contributed by atoms with E-state index in [0.717, 1.165) is 10.9 Å². The summed E-state index contributed by atoms with van der Waals surface area (Å²) in [5.41, 5.74) is 2.59. The Morgan fingerprint density at radius 1 is 1.38 bits per heavy atom. The van der Waals surface area contributed by atoms with Crippen molar-refractivity contribution in [1.82, 2.24) is 0 Å². The van der Waals surface area contributed by atoms with E-state index in [2.05, 4.69) is 59.8 Å². The van der Waals surface area contributed by atoms with E-state index in [1.165, 1.54) is 11.1 Å². The van der Waals surface area contributed by atoms with E-state index in [0.29, 0.717) is 0 Å². The summed E-state index contributed by atoms with van der Waals surface area (Å²) in [5, 5.41) is 0. The smallest absolute Gasteiger partial charge is 0.0175 e. The summed E-state index contributed by atoms with van der Waals surface area (Å²) in [4.78, 5) is 0. The third-order valence-electron chi connectivity index (χ3n) is 1.91. The van der Waals surface area contributed by atoms with Crippen LogP contribution in [-0.4, -0.2) is 0 Å². The standard InChI is InChI=1S/C12H13Br/c1-3-5-10(4-2)11-6-8-12(13)9-7-11/h3,5-9H,1,4H2,2H3/b10-5+. The van der Waals surface area contributed by atoms with E-state index in [9.17, 15) is 0 Å². The van der Waals surface area contributed by atoms with Gasteiger partial charge in [0.05, 0.1) is 0 Å². The van der Waals surface area contributed by atoms with Gasteiger partial charge in [-0.25, -0.2) is 0 Å². The summed E-state index contributed by atoms with van der Waals surface area (Å²) in [6.45, 7) is 5.86. The maximum atomic E-state index is 3.71. The molecule has 68 valence electrons. The molecule has 0 bridgehead atoms. The van der Waals surface area contributed by atoms with Crippen LogP contribution in [0.1, 0.15) is 18.9 Å². The van der Waals surface area contributed by atoms with Crippen LogP contribution in [0, 0.1) is 0 Å². The van der Waals surface area contributed by atoms with Crippen LogP contribution in [0.5, 0.6) is 0 Å². The summed E-state index contributed by atoms with van der Waals surface area (Å²) < 4.78 is 1.12. The fourth-order valence-electron chi connectivity index (χ4n) is 1.22. The number of halogens is 1. The van der Waals surface area contributed by atoms with Crippen LogP contribution >= 0.6 is 15.9 Å². The average Bonchev–Trinajstić information content (AvgIpc) is 2.16. The molecule has 0 unspecified atom stereocenters. The molecule has 0 aliphatic rings. The quantitative estimate of drug-likeness (QED) is 0.682. The molecule has 1 heteroatoms. The highest BCUT2D eigenvalue weighted by Crippen LogP contribution is 2.20. The molecule has 0 fully saturated rings. The summed E-state index contributed by atoms with van der Waals surface area (Å²) in [6, 6.07) is 8.34. The van der Waals surface area contributed by atoms with Gasteiger partial charge < -0.3 is 0 Å². The van der Waals surface area contributed by atoms with Crippen molar-refractivity contribution < 1.29 is 0 Å². The second kappa shape index (κ2) is 5.03. The molecule has 0 aliphatic heterocycles. The van der Waals surface area contributed by atoms with E-state index < -0.39 is 0 Å². The lowest BCUT2D eigenvalue weighted by molar-refractivity contribution is 1.24. The first kappa shape index (κ1) is 10.3. The van der Waals surface area contributed by atoms with Crippen molar-refractivity contribution in [3.8, 4) is 0 Å². The molecule has 0 saturated heterocycles. The minimum absolute atomic E-state index is 1.04. The summed E-state index contributed by atoms with van der Waals surface area (Å²) in [7, 11) is 0. The molecule has 13 heavy (non-hydrogen) atoms. The second-order valence-electron chi connectivity index (χ2n) is 2.79. The fourth-order valence-corrected chi connectivity index (χ4v) is 1.49. The van der Waals surface area contributed by atoms with E-state index in [1.807, 2.05) is 6.08 Å². The fraction of sp³-hybridized carbons (Fsp3) is 0.167. The van der Waals surface area contributed by atoms with E-state index in [4.69, 9.17) is 0 Å². The molecule has 0 saturated carbocycles.